The highest BCUT2D eigenvalue weighted by Crippen LogP contribution is 2.37. The first-order valence-electron chi connectivity index (χ1n) is 9.62. The summed E-state index contributed by atoms with van der Waals surface area (Å²) < 4.78 is 21.7. The number of thioether (sulfide) groups is 2. The average molecular weight is 455 g/mol. The van der Waals surface area contributed by atoms with E-state index in [1.165, 1.54) is 23.5 Å². The zero-order valence-electron chi connectivity index (χ0n) is 17.4. The summed E-state index contributed by atoms with van der Waals surface area (Å²) in [5.74, 6) is -0.481. The van der Waals surface area contributed by atoms with Crippen LogP contribution in [0.3, 0.4) is 0 Å². The minimum absolute atomic E-state index is 0.0201. The fraction of sp³-hybridized carbons (Fsp3) is 0.579. The van der Waals surface area contributed by atoms with Gasteiger partial charge in [-0.05, 0) is 36.5 Å². The summed E-state index contributed by atoms with van der Waals surface area (Å²) in [5.41, 5.74) is 0.958. The van der Waals surface area contributed by atoms with Gasteiger partial charge in [-0.25, -0.2) is 4.79 Å². The summed E-state index contributed by atoms with van der Waals surface area (Å²) in [4.78, 5) is 25.3. The number of benzene rings is 1. The molecule has 1 aromatic rings. The van der Waals surface area contributed by atoms with Gasteiger partial charge < -0.3 is 29.2 Å². The van der Waals surface area contributed by atoms with Gasteiger partial charge in [0.2, 0.25) is 5.91 Å². The van der Waals surface area contributed by atoms with Gasteiger partial charge in [0, 0.05) is 4.90 Å². The first-order valence-corrected chi connectivity index (χ1v) is 12.2. The number of carbonyl (C=O) groups is 2. The van der Waals surface area contributed by atoms with Crippen molar-refractivity contribution in [1.29, 1.82) is 0 Å². The molecule has 11 heteroatoms. The number of hydrogen-bond acceptors (Lipinski definition) is 9. The van der Waals surface area contributed by atoms with Crippen LogP contribution in [0.25, 0.3) is 0 Å². The molecule has 2 aliphatic rings. The molecular formula is C19H26BNO7S2. The Morgan fingerprint density at radius 2 is 2.13 bits per heavy atom. The smallest absolute Gasteiger partial charge is 0.534 e. The molecule has 0 radical (unpaired) electrons. The molecule has 164 valence electrons. The SMILES string of the molecule is CSCC(=O)N[C@H]1Cc2ccc(SC)c(C(=O)OCOC3OC3C(C)C)c2OB1O. The number of rotatable bonds is 9. The van der Waals surface area contributed by atoms with Crippen LogP contribution in [0.15, 0.2) is 17.0 Å². The Hall–Kier alpha value is -1.40. The Morgan fingerprint density at radius 3 is 2.77 bits per heavy atom. The van der Waals surface area contributed by atoms with E-state index in [4.69, 9.17) is 18.9 Å². The second-order valence-corrected chi connectivity index (χ2v) is 9.09. The lowest BCUT2D eigenvalue weighted by Crippen LogP contribution is -2.53. The van der Waals surface area contributed by atoms with Crippen molar-refractivity contribution >= 4 is 42.5 Å². The zero-order chi connectivity index (χ0) is 21.8. The monoisotopic (exact) mass is 455 g/mol. The highest BCUT2D eigenvalue weighted by atomic mass is 32.2. The number of nitrogens with one attached hydrogen (secondary N) is 1. The quantitative estimate of drug-likeness (QED) is 0.189. The lowest BCUT2D eigenvalue weighted by Gasteiger charge is -2.29. The maximum Gasteiger partial charge on any atom is 0.547 e. The van der Waals surface area contributed by atoms with Crippen molar-refractivity contribution < 1.29 is 33.5 Å². The van der Waals surface area contributed by atoms with E-state index < -0.39 is 19.0 Å². The fourth-order valence-electron chi connectivity index (χ4n) is 3.25. The molecular weight excluding hydrogens is 429 g/mol. The summed E-state index contributed by atoms with van der Waals surface area (Å²) in [7, 11) is -1.27. The average Bonchev–Trinajstić information content (AvgIpc) is 3.47. The third-order valence-corrected chi connectivity index (χ3v) is 6.16. The molecule has 2 aliphatic heterocycles. The number of esters is 1. The number of ether oxygens (including phenoxy) is 3. The first kappa shape index (κ1) is 23.3. The van der Waals surface area contributed by atoms with E-state index in [-0.39, 0.29) is 36.4 Å². The largest absolute Gasteiger partial charge is 0.547 e. The van der Waals surface area contributed by atoms with Gasteiger partial charge in [0.25, 0.3) is 0 Å². The van der Waals surface area contributed by atoms with E-state index in [2.05, 4.69) is 5.32 Å². The van der Waals surface area contributed by atoms with Gasteiger partial charge in [0.1, 0.15) is 17.4 Å². The van der Waals surface area contributed by atoms with Crippen LogP contribution in [0.2, 0.25) is 0 Å². The minimum atomic E-state index is -1.27. The van der Waals surface area contributed by atoms with Gasteiger partial charge in [0.15, 0.2) is 13.1 Å². The Bertz CT molecular complexity index is 794. The van der Waals surface area contributed by atoms with Gasteiger partial charge in [-0.2, -0.15) is 11.8 Å². The van der Waals surface area contributed by atoms with E-state index in [0.29, 0.717) is 28.6 Å². The maximum absolute atomic E-state index is 12.8. The van der Waals surface area contributed by atoms with Crippen molar-refractivity contribution in [3.63, 3.8) is 0 Å². The lowest BCUT2D eigenvalue weighted by atomic mass is 9.72. The van der Waals surface area contributed by atoms with E-state index in [1.54, 1.807) is 0 Å². The van der Waals surface area contributed by atoms with Crippen LogP contribution in [0.4, 0.5) is 0 Å². The van der Waals surface area contributed by atoms with Crippen molar-refractivity contribution in [2.45, 2.75) is 43.5 Å². The van der Waals surface area contributed by atoms with Crippen molar-refractivity contribution in [3.05, 3.63) is 23.3 Å². The molecule has 1 saturated heterocycles. The molecule has 1 amide bonds. The highest BCUT2D eigenvalue weighted by molar-refractivity contribution is 7.99. The summed E-state index contributed by atoms with van der Waals surface area (Å²) in [6, 6.07) is 3.64. The van der Waals surface area contributed by atoms with Crippen LogP contribution in [0.1, 0.15) is 29.8 Å². The number of carbonyl (C=O) groups excluding carboxylic acids is 2. The predicted octanol–water partition coefficient (Wildman–Crippen LogP) is 1.72. The maximum atomic E-state index is 12.8. The Balaban J connectivity index is 1.69. The molecule has 8 nitrogen and oxygen atoms in total. The Morgan fingerprint density at radius 1 is 1.37 bits per heavy atom. The number of amides is 1. The molecule has 30 heavy (non-hydrogen) atoms. The first-order chi connectivity index (χ1) is 14.3. The summed E-state index contributed by atoms with van der Waals surface area (Å²) >= 11 is 2.76. The number of hydrogen-bond donors (Lipinski definition) is 2. The van der Waals surface area contributed by atoms with Crippen molar-refractivity contribution in [2.24, 2.45) is 5.92 Å². The number of epoxide rings is 1. The molecule has 0 bridgehead atoms. The molecule has 2 heterocycles. The summed E-state index contributed by atoms with van der Waals surface area (Å²) in [6.45, 7) is 3.82. The van der Waals surface area contributed by atoms with Gasteiger partial charge in [-0.1, -0.05) is 19.9 Å². The molecule has 0 saturated carbocycles. The lowest BCUT2D eigenvalue weighted by molar-refractivity contribution is -0.119. The number of fused-ring (bicyclic) bond motifs is 1. The Labute approximate surface area is 184 Å². The molecule has 2 unspecified atom stereocenters. The second-order valence-electron chi connectivity index (χ2n) is 7.38. The molecule has 3 rings (SSSR count). The van der Waals surface area contributed by atoms with E-state index >= 15 is 0 Å². The standard InChI is InChI=1S/C19H26BNO7S2/c1-10(2)16-19(27-16)26-9-25-18(23)15-12(30-4)6-5-11-7-13(20(24)28-17(11)15)21-14(22)8-29-3/h5-6,10,13,16,19,24H,7-9H2,1-4H3,(H,21,22)/t13-,16?,19?/m0/s1. The molecule has 0 aromatic heterocycles. The predicted molar refractivity (Wildman–Crippen MR) is 116 cm³/mol. The van der Waals surface area contributed by atoms with Gasteiger partial charge in [0.05, 0.1) is 11.7 Å². The Kier molecular flexibility index (Phi) is 7.97. The van der Waals surface area contributed by atoms with Gasteiger partial charge in [-0.3, -0.25) is 4.79 Å². The third kappa shape index (κ3) is 5.44. The van der Waals surface area contributed by atoms with Crippen molar-refractivity contribution in [2.75, 3.05) is 25.1 Å². The summed E-state index contributed by atoms with van der Waals surface area (Å²) in [6.07, 6.45) is 3.67. The van der Waals surface area contributed by atoms with Crippen LogP contribution in [-0.2, 0) is 25.4 Å². The second kappa shape index (κ2) is 10.3. The van der Waals surface area contributed by atoms with Crippen LogP contribution in [0.5, 0.6) is 5.75 Å². The molecule has 0 spiro atoms. The van der Waals surface area contributed by atoms with Crippen LogP contribution < -0.4 is 9.97 Å². The van der Waals surface area contributed by atoms with E-state index in [0.717, 1.165) is 0 Å². The molecule has 1 fully saturated rings. The molecule has 3 atom stereocenters. The zero-order valence-corrected chi connectivity index (χ0v) is 19.0. The van der Waals surface area contributed by atoms with Crippen LogP contribution >= 0.6 is 23.5 Å². The van der Waals surface area contributed by atoms with Gasteiger partial charge >= 0.3 is 13.1 Å². The third-order valence-electron chi connectivity index (χ3n) is 4.83. The molecule has 0 aliphatic carbocycles. The van der Waals surface area contributed by atoms with Crippen LogP contribution in [0, 0.1) is 5.92 Å². The topological polar surface area (TPSA) is 107 Å². The van der Waals surface area contributed by atoms with Crippen molar-refractivity contribution in [3.8, 4) is 5.75 Å². The highest BCUT2D eigenvalue weighted by Gasteiger charge is 2.43. The fourth-order valence-corrected chi connectivity index (χ4v) is 4.18. The van der Waals surface area contributed by atoms with Crippen molar-refractivity contribution in [1.82, 2.24) is 5.32 Å². The summed E-state index contributed by atoms with van der Waals surface area (Å²) in [5, 5.41) is 13.2. The van der Waals surface area contributed by atoms with E-state index in [1.807, 2.05) is 38.5 Å². The normalized spacial score (nSPS) is 22.3. The minimum Gasteiger partial charge on any atom is -0.534 e. The molecule has 2 N–H and O–H groups in total. The van der Waals surface area contributed by atoms with E-state index in [9.17, 15) is 14.6 Å². The molecule has 1 aromatic carbocycles. The van der Waals surface area contributed by atoms with Crippen LogP contribution in [-0.4, -0.2) is 67.4 Å². The van der Waals surface area contributed by atoms with Gasteiger partial charge in [-0.15, -0.1) is 11.8 Å².